The average molecular weight is 264 g/mol. The van der Waals surface area contributed by atoms with Crippen LogP contribution in [0, 0.1) is 11.8 Å². The maximum absolute atomic E-state index is 12.3. The molecule has 6 heteroatoms. The first-order valence-electron chi connectivity index (χ1n) is 6.79. The van der Waals surface area contributed by atoms with Gasteiger partial charge in [0.25, 0.3) is 5.91 Å². The maximum atomic E-state index is 12.3. The van der Waals surface area contributed by atoms with Gasteiger partial charge in [-0.05, 0) is 38.8 Å². The third-order valence-electron chi connectivity index (χ3n) is 4.49. The van der Waals surface area contributed by atoms with Crippen molar-refractivity contribution in [1.82, 2.24) is 19.8 Å². The Morgan fingerprint density at radius 3 is 2.42 bits per heavy atom. The summed E-state index contributed by atoms with van der Waals surface area (Å²) in [5, 5.41) is 0. The zero-order valence-electron chi connectivity index (χ0n) is 11.3. The Bertz CT molecular complexity index is 519. The van der Waals surface area contributed by atoms with Crippen LogP contribution in [0.4, 0.5) is 0 Å². The largest absolute Gasteiger partial charge is 0.337 e. The molecule has 2 fully saturated rings. The fourth-order valence-electron chi connectivity index (χ4n) is 3.82. The highest BCUT2D eigenvalue weighted by atomic mass is 16.2. The van der Waals surface area contributed by atoms with Crippen molar-refractivity contribution in [3.05, 3.63) is 22.4 Å². The number of amides is 1. The van der Waals surface area contributed by atoms with E-state index in [0.29, 0.717) is 23.6 Å². The Morgan fingerprint density at radius 1 is 1.32 bits per heavy atom. The molecule has 2 bridgehead atoms. The van der Waals surface area contributed by atoms with Crippen molar-refractivity contribution in [1.29, 1.82) is 0 Å². The van der Waals surface area contributed by atoms with Crippen molar-refractivity contribution in [2.75, 3.05) is 27.2 Å². The van der Waals surface area contributed by atoms with Crippen molar-refractivity contribution >= 4 is 5.91 Å². The Morgan fingerprint density at radius 2 is 1.95 bits per heavy atom. The summed E-state index contributed by atoms with van der Waals surface area (Å²) >= 11 is 0. The van der Waals surface area contributed by atoms with E-state index in [-0.39, 0.29) is 11.6 Å². The number of hydrogen-bond acceptors (Lipinski definition) is 3. The first-order chi connectivity index (χ1) is 9.06. The smallest absolute Gasteiger partial charge is 0.323 e. The molecule has 6 nitrogen and oxygen atoms in total. The van der Waals surface area contributed by atoms with Crippen molar-refractivity contribution in [2.45, 2.75) is 18.9 Å². The highest BCUT2D eigenvalue weighted by Crippen LogP contribution is 2.39. The van der Waals surface area contributed by atoms with Crippen molar-refractivity contribution in [3.8, 4) is 0 Å². The van der Waals surface area contributed by atoms with E-state index in [1.165, 1.54) is 19.0 Å². The van der Waals surface area contributed by atoms with Gasteiger partial charge in [0.1, 0.15) is 5.69 Å². The van der Waals surface area contributed by atoms with Crippen LogP contribution in [0.3, 0.4) is 0 Å². The highest BCUT2D eigenvalue weighted by molar-refractivity contribution is 5.92. The van der Waals surface area contributed by atoms with Crippen molar-refractivity contribution < 1.29 is 4.79 Å². The van der Waals surface area contributed by atoms with Gasteiger partial charge in [0, 0.05) is 25.3 Å². The minimum atomic E-state index is -0.325. The average Bonchev–Trinajstić information content (AvgIpc) is 2.90. The Labute approximate surface area is 111 Å². The van der Waals surface area contributed by atoms with Crippen LogP contribution in [0.5, 0.6) is 0 Å². The van der Waals surface area contributed by atoms with Crippen LogP contribution >= 0.6 is 0 Å². The lowest BCUT2D eigenvalue weighted by molar-refractivity contribution is 0.0483. The van der Waals surface area contributed by atoms with E-state index in [1.807, 2.05) is 4.90 Å². The van der Waals surface area contributed by atoms with Crippen LogP contribution in [-0.2, 0) is 0 Å². The number of likely N-dealkylation sites (tertiary alicyclic amines) is 1. The molecule has 1 aliphatic carbocycles. The number of nitrogens with one attached hydrogen (secondary N) is 2. The summed E-state index contributed by atoms with van der Waals surface area (Å²) < 4.78 is 0. The number of carbonyl (C=O) groups is 1. The zero-order valence-corrected chi connectivity index (χ0v) is 11.3. The number of H-pyrrole nitrogens is 2. The number of aromatic nitrogens is 2. The molecule has 0 spiro atoms. The number of piperidine rings is 1. The third kappa shape index (κ3) is 2.10. The standard InChI is InChI=1S/C13H20N4O2/c1-16(2)11-8-3-4-9(11)7-17(6-8)12(18)10-5-14-13(19)15-10/h5,8-9,11H,3-4,6-7H2,1-2H3,(H2,14,15,19)/t8-,9+,11?. The van der Waals surface area contributed by atoms with E-state index >= 15 is 0 Å². The number of hydrogen-bond donors (Lipinski definition) is 2. The molecule has 104 valence electrons. The van der Waals surface area contributed by atoms with Crippen LogP contribution in [0.25, 0.3) is 0 Å². The molecule has 1 unspecified atom stereocenters. The molecule has 2 heterocycles. The molecule has 0 radical (unpaired) electrons. The van der Waals surface area contributed by atoms with Gasteiger partial charge < -0.3 is 19.8 Å². The molecule has 1 aliphatic heterocycles. The maximum Gasteiger partial charge on any atom is 0.323 e. The van der Waals surface area contributed by atoms with E-state index < -0.39 is 0 Å². The summed E-state index contributed by atoms with van der Waals surface area (Å²) in [7, 11) is 4.24. The Kier molecular flexibility index (Phi) is 2.97. The van der Waals surface area contributed by atoms with Gasteiger partial charge in [0.15, 0.2) is 0 Å². The Balaban J connectivity index is 1.76. The lowest BCUT2D eigenvalue weighted by atomic mass is 9.91. The molecule has 2 aliphatic rings. The van der Waals surface area contributed by atoms with Gasteiger partial charge >= 0.3 is 5.69 Å². The number of carbonyl (C=O) groups excluding carboxylic acids is 1. The fourth-order valence-corrected chi connectivity index (χ4v) is 3.82. The van der Waals surface area contributed by atoms with Gasteiger partial charge in [-0.3, -0.25) is 4.79 Å². The van der Waals surface area contributed by atoms with Gasteiger partial charge in [-0.25, -0.2) is 4.79 Å². The fraction of sp³-hybridized carbons (Fsp3) is 0.692. The van der Waals surface area contributed by atoms with Gasteiger partial charge in [0.05, 0.1) is 0 Å². The van der Waals surface area contributed by atoms with Crippen molar-refractivity contribution in [2.24, 2.45) is 11.8 Å². The van der Waals surface area contributed by atoms with E-state index in [9.17, 15) is 9.59 Å². The number of fused-ring (bicyclic) bond motifs is 2. The van der Waals surface area contributed by atoms with Crippen LogP contribution in [0.2, 0.25) is 0 Å². The third-order valence-corrected chi connectivity index (χ3v) is 4.49. The molecule has 1 aromatic heterocycles. The van der Waals surface area contributed by atoms with Gasteiger partial charge in [-0.2, -0.15) is 0 Å². The zero-order chi connectivity index (χ0) is 13.6. The van der Waals surface area contributed by atoms with E-state index in [0.717, 1.165) is 13.1 Å². The number of nitrogens with zero attached hydrogens (tertiary/aromatic N) is 2. The van der Waals surface area contributed by atoms with Crippen LogP contribution in [0.15, 0.2) is 11.0 Å². The second-order valence-electron chi connectivity index (χ2n) is 5.92. The molecule has 1 aromatic rings. The second-order valence-corrected chi connectivity index (χ2v) is 5.92. The minimum Gasteiger partial charge on any atom is -0.337 e. The van der Waals surface area contributed by atoms with Gasteiger partial charge in [0.2, 0.25) is 0 Å². The lowest BCUT2D eigenvalue weighted by Gasteiger charge is -2.41. The monoisotopic (exact) mass is 264 g/mol. The quantitative estimate of drug-likeness (QED) is 0.796. The highest BCUT2D eigenvalue weighted by Gasteiger charge is 2.44. The van der Waals surface area contributed by atoms with Crippen LogP contribution < -0.4 is 5.69 Å². The van der Waals surface area contributed by atoms with Gasteiger partial charge in [-0.1, -0.05) is 0 Å². The molecule has 0 aromatic carbocycles. The summed E-state index contributed by atoms with van der Waals surface area (Å²) in [6.07, 6.45) is 3.85. The van der Waals surface area contributed by atoms with E-state index in [2.05, 4.69) is 29.0 Å². The molecule has 1 amide bonds. The van der Waals surface area contributed by atoms with Gasteiger partial charge in [-0.15, -0.1) is 0 Å². The number of aromatic amines is 2. The summed E-state index contributed by atoms with van der Waals surface area (Å²) in [6, 6.07) is 0.592. The minimum absolute atomic E-state index is 0.0625. The normalized spacial score (nSPS) is 30.1. The first kappa shape index (κ1) is 12.5. The molecule has 1 saturated carbocycles. The summed E-state index contributed by atoms with van der Waals surface area (Å²) in [6.45, 7) is 1.59. The van der Waals surface area contributed by atoms with E-state index in [4.69, 9.17) is 0 Å². The Hall–Kier alpha value is -1.56. The molecule has 19 heavy (non-hydrogen) atoms. The predicted molar refractivity (Wildman–Crippen MR) is 71.0 cm³/mol. The van der Waals surface area contributed by atoms with Crippen molar-refractivity contribution in [3.63, 3.8) is 0 Å². The lowest BCUT2D eigenvalue weighted by Crippen LogP contribution is -2.52. The molecular formula is C13H20N4O2. The first-order valence-corrected chi connectivity index (χ1v) is 6.79. The molecule has 3 atom stereocenters. The predicted octanol–water partition coefficient (Wildman–Crippen LogP) is 0.115. The molecular weight excluding hydrogens is 244 g/mol. The molecule has 1 saturated heterocycles. The second kappa shape index (κ2) is 4.52. The summed E-state index contributed by atoms with van der Waals surface area (Å²) in [5.41, 5.74) is 0.0437. The SMILES string of the molecule is CN(C)C1[C@@H]2CC[C@H]1CN(C(=O)c1c[nH]c(=O)[nH]1)C2. The molecule has 2 N–H and O–H groups in total. The van der Waals surface area contributed by atoms with Crippen LogP contribution in [-0.4, -0.2) is 58.9 Å². The molecule has 3 rings (SSSR count). The topological polar surface area (TPSA) is 72.2 Å². The summed E-state index contributed by atoms with van der Waals surface area (Å²) in [5.74, 6) is 1.05. The number of imidazole rings is 1. The van der Waals surface area contributed by atoms with Crippen LogP contribution in [0.1, 0.15) is 23.3 Å². The summed E-state index contributed by atoms with van der Waals surface area (Å²) in [4.78, 5) is 32.6. The van der Waals surface area contributed by atoms with E-state index in [1.54, 1.807) is 0 Å². The number of rotatable bonds is 2.